The zero-order valence-corrected chi connectivity index (χ0v) is 12.4. The van der Waals surface area contributed by atoms with E-state index in [9.17, 15) is 0 Å². The van der Waals surface area contributed by atoms with Crippen LogP contribution in [-0.4, -0.2) is 45.5 Å². The molecule has 0 aliphatic carbocycles. The molecule has 0 N–H and O–H groups in total. The number of hydrogen-bond donors (Lipinski definition) is 0. The van der Waals surface area contributed by atoms with Crippen molar-refractivity contribution in [3.05, 3.63) is 0 Å². The topological polar surface area (TPSA) is 0 Å². The van der Waals surface area contributed by atoms with Gasteiger partial charge in [0.1, 0.15) is 0 Å². The zero-order valence-electron chi connectivity index (χ0n) is 3.97. The molecule has 0 aromatic heterocycles. The molecule has 0 spiro atoms. The Bertz CT molecular complexity index is 17.7. The molecule has 0 aliphatic heterocycles. The van der Waals surface area contributed by atoms with Gasteiger partial charge in [-0.25, -0.2) is 0 Å². The minimum atomic E-state index is 0. The predicted molar refractivity (Wildman–Crippen MR) is 7.98 cm³/mol. The third kappa shape index (κ3) is 17.9. The maximum absolute atomic E-state index is 0. The summed E-state index contributed by atoms with van der Waals surface area (Å²) in [6, 6.07) is 0. The molecule has 44 valence electrons. The van der Waals surface area contributed by atoms with E-state index >= 15 is 0 Å². The molecular formula is H2AgPdPtRhSr. The van der Waals surface area contributed by atoms with E-state index in [2.05, 4.69) is 0 Å². The number of hydrogen-bond acceptors (Lipinski definition) is 0. The molecule has 5 heteroatoms. The molecule has 0 aromatic rings. The van der Waals surface area contributed by atoms with Crippen LogP contribution in [0.5, 0.6) is 0 Å². The Hall–Kier alpha value is 4.19. The van der Waals surface area contributed by atoms with Crippen LogP contribution >= 0.6 is 0 Å². The minimum Gasteiger partial charge on any atom is -1.00 e. The van der Waals surface area contributed by atoms with Gasteiger partial charge in [0, 0.05) is 83.3 Å². The summed E-state index contributed by atoms with van der Waals surface area (Å²) in [5.41, 5.74) is 0. The van der Waals surface area contributed by atoms with Gasteiger partial charge < -0.3 is 2.85 Å². The second kappa shape index (κ2) is 24.1. The Morgan fingerprint density at radius 2 is 1.20 bits per heavy atom. The van der Waals surface area contributed by atoms with Crippen LogP contribution in [0.25, 0.3) is 0 Å². The van der Waals surface area contributed by atoms with Crippen LogP contribution in [0, 0.1) is 0 Å². The van der Waals surface area contributed by atoms with Gasteiger partial charge in [-0.15, -0.1) is 0 Å². The first-order chi connectivity index (χ1) is 0. The van der Waals surface area contributed by atoms with Crippen LogP contribution in [0.2, 0.25) is 0 Å². The Morgan fingerprint density at radius 3 is 1.20 bits per heavy atom. The van der Waals surface area contributed by atoms with Gasteiger partial charge in [0.2, 0.25) is 0 Å². The van der Waals surface area contributed by atoms with E-state index in [1.807, 2.05) is 0 Å². The first kappa shape index (κ1) is 35.1. The fourth-order valence-electron chi connectivity index (χ4n) is 0. The molecule has 0 aliphatic rings. The van der Waals surface area contributed by atoms with Gasteiger partial charge >= 0.3 is 45.5 Å². The van der Waals surface area contributed by atoms with Gasteiger partial charge in [-0.2, -0.15) is 0 Å². The van der Waals surface area contributed by atoms with Crippen molar-refractivity contribution < 1.29 is 86.2 Å². The van der Waals surface area contributed by atoms with Crippen molar-refractivity contribution in [2.24, 2.45) is 0 Å². The summed E-state index contributed by atoms with van der Waals surface area (Å²) in [5, 5.41) is 0. The average molecular weight is 602 g/mol. The van der Waals surface area contributed by atoms with Crippen molar-refractivity contribution in [1.29, 1.82) is 0 Å². The average Bonchev–Trinajstić information content (AvgIpc) is 0. The van der Waals surface area contributed by atoms with E-state index in [1.54, 1.807) is 0 Å². The Morgan fingerprint density at radius 1 is 1.20 bits per heavy atom. The molecule has 0 unspecified atom stereocenters. The molecule has 0 bridgehead atoms. The van der Waals surface area contributed by atoms with Gasteiger partial charge in [0.25, 0.3) is 0 Å². The third-order valence-electron chi connectivity index (χ3n) is 0. The second-order valence-corrected chi connectivity index (χ2v) is 0. The van der Waals surface area contributed by atoms with E-state index in [-0.39, 0.29) is 132 Å². The maximum Gasteiger partial charge on any atom is 2.00 e. The monoisotopic (exact) mass is 601 g/mol. The quantitative estimate of drug-likeness (QED) is 0.339. The van der Waals surface area contributed by atoms with Crippen LogP contribution in [-0.2, 0) is 83.3 Å². The van der Waals surface area contributed by atoms with Gasteiger partial charge in [-0.05, 0) is 0 Å². The van der Waals surface area contributed by atoms with Gasteiger partial charge in [0.05, 0.1) is 0 Å². The van der Waals surface area contributed by atoms with Crippen LogP contribution in [0.4, 0.5) is 0 Å². The second-order valence-electron chi connectivity index (χ2n) is 0. The molecule has 0 saturated carbocycles. The summed E-state index contributed by atoms with van der Waals surface area (Å²) in [5.74, 6) is 0. The summed E-state index contributed by atoms with van der Waals surface area (Å²) in [6.07, 6.45) is 0. The minimum absolute atomic E-state index is 0. The zero-order chi connectivity index (χ0) is 0. The molecule has 0 amide bonds. The van der Waals surface area contributed by atoms with E-state index in [4.69, 9.17) is 0 Å². The summed E-state index contributed by atoms with van der Waals surface area (Å²) < 4.78 is 0. The molecule has 0 rings (SSSR count). The van der Waals surface area contributed by atoms with Crippen molar-refractivity contribution in [2.75, 3.05) is 0 Å². The molecule has 0 nitrogen and oxygen atoms in total. The Kier molecular flexibility index (Phi) is 169. The van der Waals surface area contributed by atoms with E-state index in [0.29, 0.717) is 0 Å². The third-order valence-corrected chi connectivity index (χ3v) is 0. The maximum atomic E-state index is 0. The van der Waals surface area contributed by atoms with Crippen molar-refractivity contribution in [3.63, 3.8) is 0 Å². The fourth-order valence-corrected chi connectivity index (χ4v) is 0. The summed E-state index contributed by atoms with van der Waals surface area (Å²) in [4.78, 5) is 0. The van der Waals surface area contributed by atoms with Crippen LogP contribution < -0.4 is 0 Å². The predicted octanol–water partition coefficient (Wildman–Crippen LogP) is -0.166. The van der Waals surface area contributed by atoms with Crippen LogP contribution in [0.1, 0.15) is 2.85 Å². The molecule has 0 aromatic carbocycles. The van der Waals surface area contributed by atoms with E-state index in [0.717, 1.165) is 0 Å². The van der Waals surface area contributed by atoms with Gasteiger partial charge in [0.15, 0.2) is 0 Å². The summed E-state index contributed by atoms with van der Waals surface area (Å²) in [6.45, 7) is 0. The smallest absolute Gasteiger partial charge is 1.00 e. The van der Waals surface area contributed by atoms with E-state index in [1.165, 1.54) is 0 Å². The molecule has 5 heavy (non-hydrogen) atoms. The summed E-state index contributed by atoms with van der Waals surface area (Å²) in [7, 11) is 0. The molecule has 0 heterocycles. The van der Waals surface area contributed by atoms with Crippen LogP contribution in [0.15, 0.2) is 0 Å². The molecule has 0 atom stereocenters. The molecule has 0 fully saturated rings. The van der Waals surface area contributed by atoms with Gasteiger partial charge in [-0.1, -0.05) is 0 Å². The SMILES string of the molecule is [Ag].[H-].[H-].[Pd].[Pt].[Rh].[Sr+2]. The standard InChI is InChI=1S/Ag.Pd.Pt.Rh.Sr.2H/q;;;;+2;2*-1. The van der Waals surface area contributed by atoms with Gasteiger partial charge in [-0.3, -0.25) is 0 Å². The van der Waals surface area contributed by atoms with E-state index < -0.39 is 0 Å². The fraction of sp³-hybridized carbons (Fsp3) is 0. The summed E-state index contributed by atoms with van der Waals surface area (Å²) >= 11 is 0. The van der Waals surface area contributed by atoms with Crippen LogP contribution in [0.3, 0.4) is 0 Å². The Balaban J connectivity index is 0. The molecular weight excluding hydrogens is 600 g/mol. The molecule has 2 radical (unpaired) electrons. The van der Waals surface area contributed by atoms with Crippen molar-refractivity contribution >= 4 is 45.5 Å². The first-order valence-corrected chi connectivity index (χ1v) is 0. The normalized spacial score (nSPS) is 0. The van der Waals surface area contributed by atoms with Crippen molar-refractivity contribution in [1.82, 2.24) is 0 Å². The first-order valence-electron chi connectivity index (χ1n) is 0. The van der Waals surface area contributed by atoms with Crippen molar-refractivity contribution in [3.8, 4) is 0 Å². The largest absolute Gasteiger partial charge is 2.00 e. The molecule has 0 saturated heterocycles. The van der Waals surface area contributed by atoms with Crippen molar-refractivity contribution in [2.45, 2.75) is 0 Å². The Labute approximate surface area is 128 Å². The number of rotatable bonds is 0.